The first-order valence-electron chi connectivity index (χ1n) is 10.5. The summed E-state index contributed by atoms with van der Waals surface area (Å²) < 4.78 is 33.7. The Morgan fingerprint density at radius 2 is 1.90 bits per heavy atom. The minimum atomic E-state index is -3.71. The van der Waals surface area contributed by atoms with Gasteiger partial charge in [0.15, 0.2) is 0 Å². The van der Waals surface area contributed by atoms with Crippen molar-refractivity contribution in [2.45, 2.75) is 50.0 Å². The van der Waals surface area contributed by atoms with Crippen LogP contribution in [0.2, 0.25) is 0 Å². The van der Waals surface area contributed by atoms with Gasteiger partial charge >= 0.3 is 0 Å². The number of carbonyl (C=O) groups excluding carboxylic acids is 1. The second-order valence-electron chi connectivity index (χ2n) is 7.42. The summed E-state index contributed by atoms with van der Waals surface area (Å²) in [5.74, 6) is 0.322. The predicted octanol–water partition coefficient (Wildman–Crippen LogP) is 3.87. The molecule has 0 saturated heterocycles. The van der Waals surface area contributed by atoms with Crippen LogP contribution in [0.4, 0.5) is 5.69 Å². The molecule has 0 unspecified atom stereocenters. The van der Waals surface area contributed by atoms with E-state index in [2.05, 4.69) is 10.8 Å². The van der Waals surface area contributed by atoms with Crippen LogP contribution in [-0.4, -0.2) is 33.5 Å². The lowest BCUT2D eigenvalue weighted by atomic mass is 10.1. The van der Waals surface area contributed by atoms with Gasteiger partial charge in [0, 0.05) is 23.8 Å². The topological polar surface area (TPSA) is 99.5 Å². The third-order valence-corrected chi connectivity index (χ3v) is 6.74. The molecule has 3 rings (SSSR count). The number of nitrogens with zero attached hydrogens (tertiary/aromatic N) is 2. The molecule has 1 fully saturated rings. The summed E-state index contributed by atoms with van der Waals surface area (Å²) in [5, 5.41) is 9.02. The van der Waals surface area contributed by atoms with Gasteiger partial charge in [-0.3, -0.25) is 4.79 Å². The average molecular weight is 442 g/mol. The molecule has 2 aromatic rings. The Morgan fingerprint density at radius 1 is 1.19 bits per heavy atom. The van der Waals surface area contributed by atoms with E-state index in [1.54, 1.807) is 36.4 Å². The molecule has 1 N–H and O–H groups in total. The summed E-state index contributed by atoms with van der Waals surface area (Å²) in [6.07, 6.45) is 3.85. The molecule has 0 aliphatic heterocycles. The molecule has 0 aromatic heterocycles. The van der Waals surface area contributed by atoms with Gasteiger partial charge in [-0.2, -0.15) is 5.26 Å². The van der Waals surface area contributed by atoms with Crippen molar-refractivity contribution in [1.29, 1.82) is 5.26 Å². The van der Waals surface area contributed by atoms with Crippen molar-refractivity contribution in [2.75, 3.05) is 18.1 Å². The number of amides is 1. The minimum Gasteiger partial charge on any atom is -0.494 e. The van der Waals surface area contributed by atoms with Gasteiger partial charge in [0.25, 0.3) is 5.91 Å². The molecule has 31 heavy (non-hydrogen) atoms. The van der Waals surface area contributed by atoms with Crippen molar-refractivity contribution in [3.63, 3.8) is 0 Å². The van der Waals surface area contributed by atoms with Crippen LogP contribution in [0.3, 0.4) is 0 Å². The SMILES string of the molecule is CCOc1ccc(N(CCC#N)C(=O)c2cccc(S(=O)(=O)NC3CCCC3)c2)cc1. The van der Waals surface area contributed by atoms with Gasteiger partial charge in [-0.15, -0.1) is 0 Å². The molecule has 1 saturated carbocycles. The van der Waals surface area contributed by atoms with Crippen LogP contribution in [0, 0.1) is 11.3 Å². The van der Waals surface area contributed by atoms with E-state index in [0.717, 1.165) is 25.7 Å². The molecule has 164 valence electrons. The standard InChI is InChI=1S/C23H27N3O4S/c1-2-30-21-13-11-20(12-14-21)26(16-6-15-24)23(27)18-7-5-10-22(17-18)31(28,29)25-19-8-3-4-9-19/h5,7,10-14,17,19,25H,2-4,6,8-9,16H2,1H3. The Bertz CT molecular complexity index is 1040. The number of hydrogen-bond acceptors (Lipinski definition) is 5. The Labute approximate surface area is 183 Å². The second kappa shape index (κ2) is 10.4. The highest BCUT2D eigenvalue weighted by Gasteiger charge is 2.25. The van der Waals surface area contributed by atoms with Gasteiger partial charge in [-0.05, 0) is 62.2 Å². The van der Waals surface area contributed by atoms with Gasteiger partial charge in [-0.25, -0.2) is 13.1 Å². The van der Waals surface area contributed by atoms with Crippen LogP contribution in [-0.2, 0) is 10.0 Å². The maximum absolute atomic E-state index is 13.3. The molecule has 0 bridgehead atoms. The number of nitrogens with one attached hydrogen (secondary N) is 1. The fraction of sp³-hybridized carbons (Fsp3) is 0.391. The van der Waals surface area contributed by atoms with E-state index < -0.39 is 10.0 Å². The van der Waals surface area contributed by atoms with E-state index in [-0.39, 0.29) is 35.4 Å². The van der Waals surface area contributed by atoms with Gasteiger partial charge < -0.3 is 9.64 Å². The fourth-order valence-corrected chi connectivity index (χ4v) is 5.03. The number of carbonyl (C=O) groups is 1. The van der Waals surface area contributed by atoms with Crippen LogP contribution in [0.5, 0.6) is 5.75 Å². The Balaban J connectivity index is 1.85. The largest absolute Gasteiger partial charge is 0.494 e. The third kappa shape index (κ3) is 5.84. The van der Waals surface area contributed by atoms with Crippen molar-refractivity contribution in [2.24, 2.45) is 0 Å². The zero-order chi connectivity index (χ0) is 22.3. The van der Waals surface area contributed by atoms with E-state index in [0.29, 0.717) is 18.0 Å². The molecular weight excluding hydrogens is 414 g/mol. The molecule has 0 atom stereocenters. The first-order chi connectivity index (χ1) is 14.9. The van der Waals surface area contributed by atoms with E-state index in [9.17, 15) is 13.2 Å². The van der Waals surface area contributed by atoms with Crippen molar-refractivity contribution >= 4 is 21.6 Å². The Hall–Kier alpha value is -2.89. The van der Waals surface area contributed by atoms with E-state index in [4.69, 9.17) is 10.00 Å². The van der Waals surface area contributed by atoms with E-state index >= 15 is 0 Å². The molecule has 0 radical (unpaired) electrons. The lowest BCUT2D eigenvalue weighted by Crippen LogP contribution is -2.34. The lowest BCUT2D eigenvalue weighted by Gasteiger charge is -2.22. The minimum absolute atomic E-state index is 0.0552. The Morgan fingerprint density at radius 3 is 2.55 bits per heavy atom. The number of rotatable bonds is 9. The zero-order valence-corrected chi connectivity index (χ0v) is 18.4. The number of nitriles is 1. The second-order valence-corrected chi connectivity index (χ2v) is 9.14. The summed E-state index contributed by atoms with van der Waals surface area (Å²) in [7, 11) is -3.71. The number of ether oxygens (including phenoxy) is 1. The maximum Gasteiger partial charge on any atom is 0.258 e. The van der Waals surface area contributed by atoms with Gasteiger partial charge in [0.2, 0.25) is 10.0 Å². The van der Waals surface area contributed by atoms with Crippen LogP contribution < -0.4 is 14.4 Å². The van der Waals surface area contributed by atoms with Crippen LogP contribution >= 0.6 is 0 Å². The van der Waals surface area contributed by atoms with Crippen molar-refractivity contribution in [3.05, 3.63) is 54.1 Å². The van der Waals surface area contributed by atoms with Crippen LogP contribution in [0.25, 0.3) is 0 Å². The number of anilines is 1. The highest BCUT2D eigenvalue weighted by molar-refractivity contribution is 7.89. The van der Waals surface area contributed by atoms with Crippen LogP contribution in [0.1, 0.15) is 49.4 Å². The summed E-state index contributed by atoms with van der Waals surface area (Å²) >= 11 is 0. The summed E-state index contributed by atoms with van der Waals surface area (Å²) in [5.41, 5.74) is 0.863. The molecule has 7 nitrogen and oxygen atoms in total. The van der Waals surface area contributed by atoms with Gasteiger partial charge in [-0.1, -0.05) is 18.9 Å². The molecule has 8 heteroatoms. The molecule has 1 aliphatic rings. The molecule has 2 aromatic carbocycles. The van der Waals surface area contributed by atoms with Crippen molar-refractivity contribution in [3.8, 4) is 11.8 Å². The summed E-state index contributed by atoms with van der Waals surface area (Å²) in [4.78, 5) is 14.8. The van der Waals surface area contributed by atoms with Crippen molar-refractivity contribution < 1.29 is 17.9 Å². The lowest BCUT2D eigenvalue weighted by molar-refractivity contribution is 0.0987. The van der Waals surface area contributed by atoms with E-state index in [1.807, 2.05) is 6.92 Å². The smallest absolute Gasteiger partial charge is 0.258 e. The molecule has 1 aliphatic carbocycles. The number of sulfonamides is 1. The highest BCUT2D eigenvalue weighted by atomic mass is 32.2. The number of hydrogen-bond donors (Lipinski definition) is 1. The third-order valence-electron chi connectivity index (χ3n) is 5.22. The quantitative estimate of drug-likeness (QED) is 0.637. The van der Waals surface area contributed by atoms with Crippen molar-refractivity contribution in [1.82, 2.24) is 4.72 Å². The van der Waals surface area contributed by atoms with Gasteiger partial charge in [0.05, 0.1) is 24.0 Å². The number of benzene rings is 2. The first kappa shape index (κ1) is 22.8. The first-order valence-corrected chi connectivity index (χ1v) is 12.0. The normalized spacial score (nSPS) is 14.2. The maximum atomic E-state index is 13.3. The van der Waals surface area contributed by atoms with Gasteiger partial charge in [0.1, 0.15) is 5.75 Å². The Kier molecular flexibility index (Phi) is 7.66. The molecule has 0 spiro atoms. The molecule has 1 amide bonds. The van der Waals surface area contributed by atoms with E-state index in [1.165, 1.54) is 17.0 Å². The molecule has 0 heterocycles. The van der Waals surface area contributed by atoms with Crippen LogP contribution in [0.15, 0.2) is 53.4 Å². The fourth-order valence-electron chi connectivity index (χ4n) is 3.68. The zero-order valence-electron chi connectivity index (χ0n) is 17.6. The predicted molar refractivity (Wildman–Crippen MR) is 119 cm³/mol. The average Bonchev–Trinajstić information content (AvgIpc) is 3.27. The summed E-state index contributed by atoms with van der Waals surface area (Å²) in [6.45, 7) is 2.62. The molecular formula is C23H27N3O4S. The summed E-state index contributed by atoms with van der Waals surface area (Å²) in [6, 6.07) is 15.1. The monoisotopic (exact) mass is 441 g/mol. The highest BCUT2D eigenvalue weighted by Crippen LogP contribution is 2.24.